The van der Waals surface area contributed by atoms with Gasteiger partial charge in [-0.15, -0.1) is 0 Å². The maximum atomic E-state index is 10.5. The molecule has 1 aromatic heterocycles. The molecule has 0 radical (unpaired) electrons. The Morgan fingerprint density at radius 1 is 1.05 bits per heavy atom. The molecule has 1 N–H and O–H groups in total. The molecule has 0 amide bonds. The van der Waals surface area contributed by atoms with Crippen LogP contribution in [0.1, 0.15) is 23.0 Å². The first-order valence-corrected chi connectivity index (χ1v) is 7.00. The summed E-state index contributed by atoms with van der Waals surface area (Å²) in [6.07, 6.45) is -0.743. The topological polar surface area (TPSA) is 36.6 Å². The number of hydrogen-bond donors (Lipinski definition) is 1. The van der Waals surface area contributed by atoms with Crippen LogP contribution in [0.4, 0.5) is 5.69 Å². The van der Waals surface area contributed by atoms with Gasteiger partial charge in [0.2, 0.25) is 0 Å². The van der Waals surface area contributed by atoms with Crippen LogP contribution in [0.25, 0.3) is 11.0 Å². The summed E-state index contributed by atoms with van der Waals surface area (Å²) in [6, 6.07) is 15.8. The number of aryl methyl sites for hydroxylation is 1. The van der Waals surface area contributed by atoms with Gasteiger partial charge in [0.15, 0.2) is 0 Å². The fourth-order valence-electron chi connectivity index (χ4n) is 2.48. The molecule has 3 heteroatoms. The van der Waals surface area contributed by atoms with Crippen molar-refractivity contribution in [3.8, 4) is 0 Å². The van der Waals surface area contributed by atoms with Gasteiger partial charge < -0.3 is 14.4 Å². The number of para-hydroxylation sites is 1. The summed E-state index contributed by atoms with van der Waals surface area (Å²) in [7, 11) is 3.99. The minimum Gasteiger partial charge on any atom is -0.458 e. The van der Waals surface area contributed by atoms with E-state index in [1.807, 2.05) is 74.4 Å². The SMILES string of the molecule is Cc1cccc2cc(C(O)c3ccc(N(C)C)cc3)oc12. The third-order valence-corrected chi connectivity index (χ3v) is 3.75. The zero-order valence-corrected chi connectivity index (χ0v) is 12.5. The molecule has 0 aliphatic carbocycles. The van der Waals surface area contributed by atoms with Gasteiger partial charge in [-0.25, -0.2) is 0 Å². The first-order chi connectivity index (χ1) is 10.1. The Morgan fingerprint density at radius 3 is 2.38 bits per heavy atom. The van der Waals surface area contributed by atoms with Crippen molar-refractivity contribution in [1.82, 2.24) is 0 Å². The Balaban J connectivity index is 1.96. The second-order valence-corrected chi connectivity index (χ2v) is 5.53. The molecular formula is C18H19NO2. The van der Waals surface area contributed by atoms with Crippen LogP contribution >= 0.6 is 0 Å². The van der Waals surface area contributed by atoms with Gasteiger partial charge in [0.25, 0.3) is 0 Å². The highest BCUT2D eigenvalue weighted by molar-refractivity contribution is 5.81. The van der Waals surface area contributed by atoms with Gasteiger partial charge in [0, 0.05) is 25.2 Å². The van der Waals surface area contributed by atoms with Crippen LogP contribution in [0, 0.1) is 6.92 Å². The summed E-state index contributed by atoms with van der Waals surface area (Å²) in [5.74, 6) is 0.580. The second-order valence-electron chi connectivity index (χ2n) is 5.53. The summed E-state index contributed by atoms with van der Waals surface area (Å²) in [5, 5.41) is 11.5. The molecule has 2 aromatic carbocycles. The predicted molar refractivity (Wildman–Crippen MR) is 85.8 cm³/mol. The molecule has 3 nitrogen and oxygen atoms in total. The summed E-state index contributed by atoms with van der Waals surface area (Å²) >= 11 is 0. The number of fused-ring (bicyclic) bond motifs is 1. The lowest BCUT2D eigenvalue weighted by Gasteiger charge is -2.14. The zero-order valence-electron chi connectivity index (χ0n) is 12.5. The molecule has 0 aliphatic heterocycles. The first-order valence-electron chi connectivity index (χ1n) is 7.00. The highest BCUT2D eigenvalue weighted by Crippen LogP contribution is 2.30. The van der Waals surface area contributed by atoms with Crippen LogP contribution in [0.2, 0.25) is 0 Å². The molecule has 3 rings (SSSR count). The van der Waals surface area contributed by atoms with Crippen molar-refractivity contribution in [2.75, 3.05) is 19.0 Å². The van der Waals surface area contributed by atoms with Crippen LogP contribution in [-0.2, 0) is 0 Å². The first kappa shape index (κ1) is 13.7. The van der Waals surface area contributed by atoms with Gasteiger partial charge in [-0.3, -0.25) is 0 Å². The van der Waals surface area contributed by atoms with E-state index in [1.165, 1.54) is 0 Å². The van der Waals surface area contributed by atoms with Crippen molar-refractivity contribution < 1.29 is 9.52 Å². The Kier molecular flexibility index (Phi) is 3.43. The Bertz CT molecular complexity index is 756. The molecule has 21 heavy (non-hydrogen) atoms. The maximum Gasteiger partial charge on any atom is 0.138 e. The van der Waals surface area contributed by atoms with Crippen molar-refractivity contribution in [3.05, 3.63) is 65.4 Å². The number of rotatable bonds is 3. The van der Waals surface area contributed by atoms with E-state index in [0.717, 1.165) is 27.8 Å². The minimum absolute atomic E-state index is 0.580. The summed E-state index contributed by atoms with van der Waals surface area (Å²) in [5.41, 5.74) is 3.86. The normalized spacial score (nSPS) is 12.6. The van der Waals surface area contributed by atoms with Crippen LogP contribution in [0.5, 0.6) is 0 Å². The van der Waals surface area contributed by atoms with Crippen LogP contribution in [0.15, 0.2) is 52.9 Å². The van der Waals surface area contributed by atoms with Gasteiger partial charge in [-0.2, -0.15) is 0 Å². The average Bonchev–Trinajstić information content (AvgIpc) is 2.92. The van der Waals surface area contributed by atoms with E-state index in [2.05, 4.69) is 0 Å². The maximum absolute atomic E-state index is 10.5. The lowest BCUT2D eigenvalue weighted by Crippen LogP contribution is -2.08. The molecule has 3 aromatic rings. The summed E-state index contributed by atoms with van der Waals surface area (Å²) in [4.78, 5) is 2.03. The number of hydrogen-bond acceptors (Lipinski definition) is 3. The van der Waals surface area contributed by atoms with E-state index in [0.29, 0.717) is 5.76 Å². The number of aliphatic hydroxyl groups is 1. The fourth-order valence-corrected chi connectivity index (χ4v) is 2.48. The number of nitrogens with zero attached hydrogens (tertiary/aromatic N) is 1. The third-order valence-electron chi connectivity index (χ3n) is 3.75. The quantitative estimate of drug-likeness (QED) is 0.791. The molecule has 0 spiro atoms. The number of benzene rings is 2. The molecule has 108 valence electrons. The lowest BCUT2D eigenvalue weighted by molar-refractivity contribution is 0.192. The molecule has 0 saturated heterocycles. The fraction of sp³-hybridized carbons (Fsp3) is 0.222. The van der Waals surface area contributed by atoms with E-state index in [9.17, 15) is 5.11 Å². The zero-order chi connectivity index (χ0) is 15.0. The van der Waals surface area contributed by atoms with Gasteiger partial charge in [0.1, 0.15) is 17.4 Å². The number of anilines is 1. The van der Waals surface area contributed by atoms with Crippen LogP contribution in [-0.4, -0.2) is 19.2 Å². The van der Waals surface area contributed by atoms with Crippen molar-refractivity contribution >= 4 is 16.7 Å². The minimum atomic E-state index is -0.743. The molecule has 1 atom stereocenters. The lowest BCUT2D eigenvalue weighted by atomic mass is 10.1. The molecule has 0 aliphatic rings. The van der Waals surface area contributed by atoms with Crippen LogP contribution in [0.3, 0.4) is 0 Å². The van der Waals surface area contributed by atoms with Crippen molar-refractivity contribution in [1.29, 1.82) is 0 Å². The molecule has 0 fully saturated rings. The van der Waals surface area contributed by atoms with Gasteiger partial charge in [-0.05, 0) is 36.2 Å². The molecule has 1 heterocycles. The second kappa shape index (κ2) is 5.26. The summed E-state index contributed by atoms with van der Waals surface area (Å²) in [6.45, 7) is 2.01. The van der Waals surface area contributed by atoms with Gasteiger partial charge in [-0.1, -0.05) is 30.3 Å². The van der Waals surface area contributed by atoms with E-state index in [1.54, 1.807) is 0 Å². The Morgan fingerprint density at radius 2 is 1.76 bits per heavy atom. The smallest absolute Gasteiger partial charge is 0.138 e. The predicted octanol–water partition coefficient (Wildman–Crippen LogP) is 3.89. The molecule has 1 unspecified atom stereocenters. The van der Waals surface area contributed by atoms with E-state index in [-0.39, 0.29) is 0 Å². The van der Waals surface area contributed by atoms with Crippen LogP contribution < -0.4 is 4.90 Å². The molecule has 0 saturated carbocycles. The van der Waals surface area contributed by atoms with Gasteiger partial charge >= 0.3 is 0 Å². The molecule has 0 bridgehead atoms. The number of furan rings is 1. The molecular weight excluding hydrogens is 262 g/mol. The van der Waals surface area contributed by atoms with E-state index in [4.69, 9.17) is 4.42 Å². The van der Waals surface area contributed by atoms with Crippen molar-refractivity contribution in [2.45, 2.75) is 13.0 Å². The van der Waals surface area contributed by atoms with Gasteiger partial charge in [0.05, 0.1) is 0 Å². The highest BCUT2D eigenvalue weighted by Gasteiger charge is 2.16. The third kappa shape index (κ3) is 2.52. The monoisotopic (exact) mass is 281 g/mol. The Labute approximate surface area is 124 Å². The standard InChI is InChI=1S/C18H19NO2/c1-12-5-4-6-14-11-16(21-18(12)14)17(20)13-7-9-15(10-8-13)19(2)3/h4-11,17,20H,1-3H3. The van der Waals surface area contributed by atoms with Crippen molar-refractivity contribution in [3.63, 3.8) is 0 Å². The largest absolute Gasteiger partial charge is 0.458 e. The summed E-state index contributed by atoms with van der Waals surface area (Å²) < 4.78 is 5.83. The van der Waals surface area contributed by atoms with E-state index >= 15 is 0 Å². The Hall–Kier alpha value is -2.26. The van der Waals surface area contributed by atoms with E-state index < -0.39 is 6.10 Å². The average molecular weight is 281 g/mol. The highest BCUT2D eigenvalue weighted by atomic mass is 16.4. The number of aliphatic hydroxyl groups excluding tert-OH is 1. The van der Waals surface area contributed by atoms with Crippen molar-refractivity contribution in [2.24, 2.45) is 0 Å².